The summed E-state index contributed by atoms with van der Waals surface area (Å²) in [6.07, 6.45) is 3.77. The first-order valence-corrected chi connectivity index (χ1v) is 7.65. The minimum atomic E-state index is -0.284. The van der Waals surface area contributed by atoms with Gasteiger partial charge >= 0.3 is 0 Å². The van der Waals surface area contributed by atoms with E-state index in [4.69, 9.17) is 11.6 Å². The van der Waals surface area contributed by atoms with E-state index in [0.29, 0.717) is 0 Å². The standard InChI is InChI=1S/C16H23ClN2O/c1-3-7-18-10-13-11-19(8-6-12(2)20)16-9-14(17)4-5-15(13)16/h4-5,9,11-12,18,20H,3,6-8,10H2,1-2H3. The molecule has 2 aromatic rings. The quantitative estimate of drug-likeness (QED) is 0.766. The van der Waals surface area contributed by atoms with Crippen molar-refractivity contribution in [2.45, 2.75) is 45.9 Å². The monoisotopic (exact) mass is 294 g/mol. The van der Waals surface area contributed by atoms with Gasteiger partial charge in [-0.2, -0.15) is 0 Å². The van der Waals surface area contributed by atoms with Gasteiger partial charge in [0.2, 0.25) is 0 Å². The van der Waals surface area contributed by atoms with Gasteiger partial charge in [0.1, 0.15) is 0 Å². The van der Waals surface area contributed by atoms with Crippen LogP contribution in [0.4, 0.5) is 0 Å². The molecule has 2 N–H and O–H groups in total. The summed E-state index contributed by atoms with van der Waals surface area (Å²) in [5.41, 5.74) is 2.43. The maximum Gasteiger partial charge on any atom is 0.0529 e. The van der Waals surface area contributed by atoms with E-state index in [1.54, 1.807) is 0 Å². The Labute approximate surface area is 125 Å². The molecule has 0 aliphatic rings. The Hall–Kier alpha value is -1.03. The summed E-state index contributed by atoms with van der Waals surface area (Å²) in [7, 11) is 0. The largest absolute Gasteiger partial charge is 0.393 e. The van der Waals surface area contributed by atoms with Crippen LogP contribution in [0.1, 0.15) is 32.3 Å². The highest BCUT2D eigenvalue weighted by atomic mass is 35.5. The molecule has 1 heterocycles. The molecule has 1 atom stereocenters. The molecule has 0 saturated heterocycles. The van der Waals surface area contributed by atoms with Crippen LogP contribution in [0.3, 0.4) is 0 Å². The molecule has 0 saturated carbocycles. The van der Waals surface area contributed by atoms with Crippen LogP contribution in [0.25, 0.3) is 10.9 Å². The molecular weight excluding hydrogens is 272 g/mol. The van der Waals surface area contributed by atoms with Crippen molar-refractivity contribution in [1.82, 2.24) is 9.88 Å². The van der Waals surface area contributed by atoms with Crippen LogP contribution in [0.5, 0.6) is 0 Å². The van der Waals surface area contributed by atoms with Crippen molar-refractivity contribution in [3.8, 4) is 0 Å². The van der Waals surface area contributed by atoms with E-state index in [0.717, 1.165) is 43.0 Å². The van der Waals surface area contributed by atoms with Crippen molar-refractivity contribution < 1.29 is 5.11 Å². The van der Waals surface area contributed by atoms with Crippen molar-refractivity contribution in [2.75, 3.05) is 6.54 Å². The van der Waals surface area contributed by atoms with Crippen LogP contribution < -0.4 is 5.32 Å². The van der Waals surface area contributed by atoms with Crippen LogP contribution in [0.15, 0.2) is 24.4 Å². The Bertz CT molecular complexity index is 563. The first kappa shape index (κ1) is 15.4. The minimum absolute atomic E-state index is 0.284. The van der Waals surface area contributed by atoms with Gasteiger partial charge in [-0.05, 0) is 44.0 Å². The zero-order chi connectivity index (χ0) is 14.5. The van der Waals surface area contributed by atoms with Gasteiger partial charge in [-0.3, -0.25) is 0 Å². The lowest BCUT2D eigenvalue weighted by molar-refractivity contribution is 0.178. The third-order valence-electron chi connectivity index (χ3n) is 3.46. The number of hydrogen-bond acceptors (Lipinski definition) is 2. The van der Waals surface area contributed by atoms with Gasteiger partial charge in [0.05, 0.1) is 6.10 Å². The number of hydrogen-bond donors (Lipinski definition) is 2. The molecule has 110 valence electrons. The van der Waals surface area contributed by atoms with Crippen LogP contribution in [-0.2, 0) is 13.1 Å². The number of rotatable bonds is 7. The Morgan fingerprint density at radius 3 is 2.90 bits per heavy atom. The molecule has 4 heteroatoms. The average molecular weight is 295 g/mol. The Balaban J connectivity index is 2.28. The molecule has 1 unspecified atom stereocenters. The van der Waals surface area contributed by atoms with Crippen molar-refractivity contribution in [1.29, 1.82) is 0 Å². The van der Waals surface area contributed by atoms with E-state index in [-0.39, 0.29) is 6.10 Å². The highest BCUT2D eigenvalue weighted by molar-refractivity contribution is 6.31. The number of aliphatic hydroxyl groups is 1. The van der Waals surface area contributed by atoms with Crippen molar-refractivity contribution in [3.05, 3.63) is 35.0 Å². The molecule has 2 rings (SSSR count). The summed E-state index contributed by atoms with van der Waals surface area (Å²) in [5, 5.41) is 14.9. The fraction of sp³-hybridized carbons (Fsp3) is 0.500. The van der Waals surface area contributed by atoms with E-state index in [1.165, 1.54) is 10.9 Å². The van der Waals surface area contributed by atoms with Gasteiger partial charge in [0.15, 0.2) is 0 Å². The summed E-state index contributed by atoms with van der Waals surface area (Å²) in [5.74, 6) is 0. The summed E-state index contributed by atoms with van der Waals surface area (Å²) in [4.78, 5) is 0. The number of halogens is 1. The molecule has 3 nitrogen and oxygen atoms in total. The zero-order valence-corrected chi connectivity index (χ0v) is 13.0. The molecule has 0 bridgehead atoms. The van der Waals surface area contributed by atoms with Crippen LogP contribution in [0, 0.1) is 0 Å². The Kier molecular flexibility index (Phi) is 5.46. The van der Waals surface area contributed by atoms with Gasteiger partial charge in [-0.1, -0.05) is 24.6 Å². The van der Waals surface area contributed by atoms with Crippen molar-refractivity contribution >= 4 is 22.5 Å². The number of aliphatic hydroxyl groups excluding tert-OH is 1. The second-order valence-corrected chi connectivity index (χ2v) is 5.76. The molecule has 0 aliphatic heterocycles. The second-order valence-electron chi connectivity index (χ2n) is 5.32. The molecule has 0 fully saturated rings. The molecule has 20 heavy (non-hydrogen) atoms. The first-order valence-electron chi connectivity index (χ1n) is 7.28. The minimum Gasteiger partial charge on any atom is -0.393 e. The fourth-order valence-electron chi connectivity index (χ4n) is 2.39. The fourth-order valence-corrected chi connectivity index (χ4v) is 2.56. The van der Waals surface area contributed by atoms with Gasteiger partial charge in [-0.15, -0.1) is 0 Å². The molecular formula is C16H23ClN2O. The third-order valence-corrected chi connectivity index (χ3v) is 3.69. The zero-order valence-electron chi connectivity index (χ0n) is 12.2. The number of nitrogens with zero attached hydrogens (tertiary/aromatic N) is 1. The molecule has 0 spiro atoms. The van der Waals surface area contributed by atoms with Crippen molar-refractivity contribution in [2.24, 2.45) is 0 Å². The highest BCUT2D eigenvalue weighted by Crippen LogP contribution is 2.25. The maximum absolute atomic E-state index is 9.47. The van der Waals surface area contributed by atoms with Crippen LogP contribution in [-0.4, -0.2) is 22.3 Å². The van der Waals surface area contributed by atoms with Gasteiger partial charge in [-0.25, -0.2) is 0 Å². The number of aromatic nitrogens is 1. The maximum atomic E-state index is 9.47. The number of fused-ring (bicyclic) bond motifs is 1. The predicted molar refractivity (Wildman–Crippen MR) is 85.2 cm³/mol. The van der Waals surface area contributed by atoms with Gasteiger partial charge in [0, 0.05) is 35.2 Å². The molecule has 1 aromatic heterocycles. The van der Waals surface area contributed by atoms with Gasteiger partial charge < -0.3 is 15.0 Å². The van der Waals surface area contributed by atoms with E-state index >= 15 is 0 Å². The number of aryl methyl sites for hydroxylation is 1. The third kappa shape index (κ3) is 3.75. The second kappa shape index (κ2) is 7.11. The van der Waals surface area contributed by atoms with Crippen LogP contribution in [0.2, 0.25) is 5.02 Å². The average Bonchev–Trinajstić information content (AvgIpc) is 2.74. The van der Waals surface area contributed by atoms with E-state index < -0.39 is 0 Å². The SMILES string of the molecule is CCCNCc1cn(CCC(C)O)c2cc(Cl)ccc12. The lowest BCUT2D eigenvalue weighted by Gasteiger charge is -2.07. The number of nitrogens with one attached hydrogen (secondary N) is 1. The topological polar surface area (TPSA) is 37.2 Å². The lowest BCUT2D eigenvalue weighted by Crippen LogP contribution is -2.13. The normalized spacial score (nSPS) is 13.0. The molecule has 1 aromatic carbocycles. The molecule has 0 amide bonds. The Morgan fingerprint density at radius 1 is 1.40 bits per heavy atom. The molecule has 0 aliphatic carbocycles. The lowest BCUT2D eigenvalue weighted by atomic mass is 10.2. The van der Waals surface area contributed by atoms with Gasteiger partial charge in [0.25, 0.3) is 0 Å². The van der Waals surface area contributed by atoms with Crippen LogP contribution >= 0.6 is 11.6 Å². The first-order chi connectivity index (χ1) is 9.61. The predicted octanol–water partition coefficient (Wildman–Crippen LogP) is 3.57. The van der Waals surface area contributed by atoms with E-state index in [9.17, 15) is 5.11 Å². The number of benzene rings is 1. The molecule has 0 radical (unpaired) electrons. The Morgan fingerprint density at radius 2 is 2.20 bits per heavy atom. The summed E-state index contributed by atoms with van der Waals surface area (Å²) in [6, 6.07) is 6.02. The smallest absolute Gasteiger partial charge is 0.0529 e. The van der Waals surface area contributed by atoms with Crippen molar-refractivity contribution in [3.63, 3.8) is 0 Å². The summed E-state index contributed by atoms with van der Waals surface area (Å²) < 4.78 is 2.19. The van der Waals surface area contributed by atoms with E-state index in [1.807, 2.05) is 19.1 Å². The highest BCUT2D eigenvalue weighted by Gasteiger charge is 2.09. The summed E-state index contributed by atoms with van der Waals surface area (Å²) in [6.45, 7) is 6.69. The summed E-state index contributed by atoms with van der Waals surface area (Å²) >= 11 is 6.11. The van der Waals surface area contributed by atoms with E-state index in [2.05, 4.69) is 29.1 Å².